The SMILES string of the molecule is COC(=O)c1ccc(CN(C)C2CC3CCC(C2)N3C(=O)O)cc1. The summed E-state index contributed by atoms with van der Waals surface area (Å²) < 4.78 is 4.71. The van der Waals surface area contributed by atoms with Gasteiger partial charge in [0.2, 0.25) is 0 Å². The summed E-state index contributed by atoms with van der Waals surface area (Å²) >= 11 is 0. The van der Waals surface area contributed by atoms with Crippen LogP contribution in [-0.2, 0) is 11.3 Å². The molecule has 1 aromatic rings. The van der Waals surface area contributed by atoms with Crippen molar-refractivity contribution in [3.8, 4) is 0 Å². The lowest BCUT2D eigenvalue weighted by molar-refractivity contribution is 0.0597. The van der Waals surface area contributed by atoms with E-state index in [2.05, 4.69) is 11.9 Å². The van der Waals surface area contributed by atoms with Gasteiger partial charge >= 0.3 is 12.1 Å². The van der Waals surface area contributed by atoms with Gasteiger partial charge in [-0.3, -0.25) is 4.90 Å². The first-order chi connectivity index (χ1) is 11.5. The summed E-state index contributed by atoms with van der Waals surface area (Å²) in [6.07, 6.45) is 2.99. The number of nitrogens with zero attached hydrogens (tertiary/aromatic N) is 2. The maximum atomic E-state index is 11.5. The number of esters is 1. The Bertz CT molecular complexity index is 602. The van der Waals surface area contributed by atoms with Crippen LogP contribution in [0.1, 0.15) is 41.6 Å². The second-order valence-electron chi connectivity index (χ2n) is 6.80. The number of methoxy groups -OCH3 is 1. The highest BCUT2D eigenvalue weighted by atomic mass is 16.5. The smallest absolute Gasteiger partial charge is 0.407 e. The summed E-state index contributed by atoms with van der Waals surface area (Å²) in [6.45, 7) is 0.790. The fourth-order valence-corrected chi connectivity index (χ4v) is 4.10. The number of amides is 1. The van der Waals surface area contributed by atoms with Gasteiger partial charge in [-0.15, -0.1) is 0 Å². The third kappa shape index (κ3) is 3.24. The van der Waals surface area contributed by atoms with Crippen LogP contribution in [0, 0.1) is 0 Å². The van der Waals surface area contributed by atoms with Gasteiger partial charge in [-0.2, -0.15) is 0 Å². The van der Waals surface area contributed by atoms with Crippen molar-refractivity contribution in [3.63, 3.8) is 0 Å². The van der Waals surface area contributed by atoms with Gasteiger partial charge in [0.05, 0.1) is 12.7 Å². The molecule has 130 valence electrons. The van der Waals surface area contributed by atoms with Crippen molar-refractivity contribution in [3.05, 3.63) is 35.4 Å². The summed E-state index contributed by atoms with van der Waals surface area (Å²) in [5, 5.41) is 9.34. The van der Waals surface area contributed by atoms with Crippen molar-refractivity contribution in [2.75, 3.05) is 14.2 Å². The number of hydrogen-bond acceptors (Lipinski definition) is 4. The lowest BCUT2D eigenvalue weighted by atomic mass is 9.96. The lowest BCUT2D eigenvalue weighted by Gasteiger charge is -2.40. The van der Waals surface area contributed by atoms with Gasteiger partial charge in [0, 0.05) is 24.7 Å². The Labute approximate surface area is 142 Å². The van der Waals surface area contributed by atoms with Crippen molar-refractivity contribution in [2.45, 2.75) is 50.4 Å². The lowest BCUT2D eigenvalue weighted by Crippen LogP contribution is -2.51. The number of carbonyl (C=O) groups is 2. The molecule has 1 aromatic carbocycles. The average molecular weight is 332 g/mol. The highest BCUT2D eigenvalue weighted by Gasteiger charge is 2.44. The Kier molecular flexibility index (Phi) is 4.76. The second kappa shape index (κ2) is 6.81. The Morgan fingerprint density at radius 3 is 2.29 bits per heavy atom. The molecule has 2 atom stereocenters. The predicted molar refractivity (Wildman–Crippen MR) is 88.9 cm³/mol. The number of fused-ring (bicyclic) bond motifs is 2. The fraction of sp³-hybridized carbons (Fsp3) is 0.556. The molecule has 0 radical (unpaired) electrons. The van der Waals surface area contributed by atoms with Crippen molar-refractivity contribution in [2.24, 2.45) is 0 Å². The quantitative estimate of drug-likeness (QED) is 0.858. The van der Waals surface area contributed by atoms with Crippen LogP contribution in [0.2, 0.25) is 0 Å². The standard InChI is InChI=1S/C18H24N2O4/c1-19(11-12-3-5-13(6-4-12)17(21)24-2)16-9-14-7-8-15(10-16)20(14)18(22)23/h3-6,14-16H,7-11H2,1-2H3,(H,22,23). The Balaban J connectivity index is 1.61. The van der Waals surface area contributed by atoms with E-state index < -0.39 is 6.09 Å². The average Bonchev–Trinajstić information content (AvgIpc) is 2.85. The normalized spacial score (nSPS) is 25.8. The first kappa shape index (κ1) is 16.8. The number of carboxylic acid groups (broad SMARTS) is 1. The van der Waals surface area contributed by atoms with Gasteiger partial charge in [0.15, 0.2) is 0 Å². The van der Waals surface area contributed by atoms with E-state index in [1.54, 1.807) is 17.0 Å². The minimum atomic E-state index is -0.776. The first-order valence-electron chi connectivity index (χ1n) is 8.38. The van der Waals surface area contributed by atoms with E-state index in [1.165, 1.54) is 7.11 Å². The number of rotatable bonds is 4. The predicted octanol–water partition coefficient (Wildman–Crippen LogP) is 2.58. The van der Waals surface area contributed by atoms with Crippen LogP contribution >= 0.6 is 0 Å². The number of benzene rings is 1. The van der Waals surface area contributed by atoms with Crippen molar-refractivity contribution in [1.29, 1.82) is 0 Å². The van der Waals surface area contributed by atoms with E-state index in [-0.39, 0.29) is 18.1 Å². The molecular weight excluding hydrogens is 308 g/mol. The molecule has 0 aromatic heterocycles. The maximum absolute atomic E-state index is 11.5. The molecule has 24 heavy (non-hydrogen) atoms. The molecule has 1 N–H and O–H groups in total. The largest absolute Gasteiger partial charge is 0.465 e. The van der Waals surface area contributed by atoms with Crippen LogP contribution in [0.4, 0.5) is 4.79 Å². The van der Waals surface area contributed by atoms with Crippen LogP contribution in [-0.4, -0.2) is 59.3 Å². The molecule has 2 saturated heterocycles. The molecule has 6 heteroatoms. The van der Waals surface area contributed by atoms with Crippen molar-refractivity contribution in [1.82, 2.24) is 9.80 Å². The molecule has 2 unspecified atom stereocenters. The maximum Gasteiger partial charge on any atom is 0.407 e. The summed E-state index contributed by atoms with van der Waals surface area (Å²) in [5.74, 6) is -0.326. The number of piperidine rings is 1. The van der Waals surface area contributed by atoms with Crippen molar-refractivity contribution >= 4 is 12.1 Å². The Morgan fingerprint density at radius 2 is 1.79 bits per heavy atom. The monoisotopic (exact) mass is 332 g/mol. The molecule has 0 spiro atoms. The first-order valence-corrected chi connectivity index (χ1v) is 8.38. The zero-order valence-corrected chi connectivity index (χ0v) is 14.1. The van der Waals surface area contributed by atoms with Gasteiger partial charge in [-0.25, -0.2) is 9.59 Å². The van der Waals surface area contributed by atoms with E-state index in [9.17, 15) is 14.7 Å². The molecule has 1 amide bonds. The minimum absolute atomic E-state index is 0.162. The van der Waals surface area contributed by atoms with Crippen LogP contribution in [0.25, 0.3) is 0 Å². The van der Waals surface area contributed by atoms with Gasteiger partial charge in [-0.05, 0) is 50.4 Å². The molecule has 0 aliphatic carbocycles. The molecule has 2 aliphatic rings. The van der Waals surface area contributed by atoms with Gasteiger partial charge < -0.3 is 14.7 Å². The van der Waals surface area contributed by atoms with E-state index in [0.29, 0.717) is 11.6 Å². The van der Waals surface area contributed by atoms with Crippen LogP contribution in [0.15, 0.2) is 24.3 Å². The van der Waals surface area contributed by atoms with E-state index in [4.69, 9.17) is 4.74 Å². The molecule has 2 heterocycles. The summed E-state index contributed by atoms with van der Waals surface area (Å²) in [4.78, 5) is 26.8. The molecule has 0 saturated carbocycles. The number of carbonyl (C=O) groups excluding carboxylic acids is 1. The Hall–Kier alpha value is -2.08. The highest BCUT2D eigenvalue weighted by Crippen LogP contribution is 2.37. The third-order valence-electron chi connectivity index (χ3n) is 5.36. The van der Waals surface area contributed by atoms with Crippen LogP contribution in [0.5, 0.6) is 0 Å². The molecule has 2 bridgehead atoms. The Morgan fingerprint density at radius 1 is 1.21 bits per heavy atom. The van der Waals surface area contributed by atoms with Gasteiger partial charge in [-0.1, -0.05) is 12.1 Å². The molecule has 2 aliphatic heterocycles. The third-order valence-corrected chi connectivity index (χ3v) is 5.36. The fourth-order valence-electron chi connectivity index (χ4n) is 4.10. The molecule has 3 rings (SSSR count). The zero-order chi connectivity index (χ0) is 17.3. The van der Waals surface area contributed by atoms with Crippen LogP contribution in [0.3, 0.4) is 0 Å². The summed E-state index contributed by atoms with van der Waals surface area (Å²) in [7, 11) is 3.47. The van der Waals surface area contributed by atoms with E-state index >= 15 is 0 Å². The van der Waals surface area contributed by atoms with Gasteiger partial charge in [0.25, 0.3) is 0 Å². The van der Waals surface area contributed by atoms with E-state index in [1.807, 2.05) is 12.1 Å². The zero-order valence-electron chi connectivity index (χ0n) is 14.1. The minimum Gasteiger partial charge on any atom is -0.465 e. The summed E-state index contributed by atoms with van der Waals surface area (Å²) in [6, 6.07) is 8.19. The van der Waals surface area contributed by atoms with Crippen LogP contribution < -0.4 is 0 Å². The topological polar surface area (TPSA) is 70.1 Å². The molecule has 6 nitrogen and oxygen atoms in total. The number of hydrogen-bond donors (Lipinski definition) is 1. The highest BCUT2D eigenvalue weighted by molar-refractivity contribution is 5.89. The second-order valence-corrected chi connectivity index (χ2v) is 6.80. The van der Waals surface area contributed by atoms with Gasteiger partial charge in [0.1, 0.15) is 0 Å². The summed E-state index contributed by atoms with van der Waals surface area (Å²) in [5.41, 5.74) is 1.69. The molecule has 2 fully saturated rings. The number of ether oxygens (including phenoxy) is 1. The molecular formula is C18H24N2O4. The van der Waals surface area contributed by atoms with Crippen molar-refractivity contribution < 1.29 is 19.4 Å². The van der Waals surface area contributed by atoms with E-state index in [0.717, 1.165) is 37.8 Å².